The van der Waals surface area contributed by atoms with Crippen LogP contribution in [-0.2, 0) is 26.2 Å². The molecule has 2 amide bonds. The molecular formula is C23H19Cl2N3O6S2. The van der Waals surface area contributed by atoms with Gasteiger partial charge in [-0.15, -0.1) is 23.5 Å². The highest BCUT2D eigenvalue weighted by Gasteiger charge is 2.52. The summed E-state index contributed by atoms with van der Waals surface area (Å²) in [6.45, 7) is -0.305. The summed E-state index contributed by atoms with van der Waals surface area (Å²) in [6, 6.07) is 7.16. The molecule has 0 radical (unpaired) electrons. The van der Waals surface area contributed by atoms with E-state index < -0.39 is 35.2 Å². The number of amides is 2. The minimum atomic E-state index is -1.55. The first-order valence-corrected chi connectivity index (χ1v) is 13.3. The Balaban J connectivity index is 1.38. The Kier molecular flexibility index (Phi) is 8.13. The quantitative estimate of drug-likeness (QED) is 0.218. The third kappa shape index (κ3) is 5.64. The topological polar surface area (TPSA) is 120 Å². The van der Waals surface area contributed by atoms with Gasteiger partial charge in [0, 0.05) is 33.4 Å². The predicted molar refractivity (Wildman–Crippen MR) is 132 cm³/mol. The van der Waals surface area contributed by atoms with Crippen LogP contribution in [0.15, 0.2) is 58.9 Å². The van der Waals surface area contributed by atoms with Crippen LogP contribution in [0.3, 0.4) is 0 Å². The molecule has 0 aliphatic carbocycles. The summed E-state index contributed by atoms with van der Waals surface area (Å²) in [6.07, 6.45) is 3.36. The van der Waals surface area contributed by atoms with E-state index in [1.54, 1.807) is 54.3 Å². The number of carboxylic acid groups (broad SMARTS) is 1. The molecule has 1 unspecified atom stereocenters. The van der Waals surface area contributed by atoms with E-state index in [2.05, 4.69) is 5.32 Å². The van der Waals surface area contributed by atoms with E-state index in [0.717, 1.165) is 4.90 Å². The number of nitrogens with one attached hydrogen (secondary N) is 1. The first-order chi connectivity index (χ1) is 17.2. The van der Waals surface area contributed by atoms with E-state index in [4.69, 9.17) is 27.9 Å². The van der Waals surface area contributed by atoms with Crippen LogP contribution < -0.4 is 15.0 Å². The van der Waals surface area contributed by atoms with Crippen molar-refractivity contribution < 1.29 is 33.6 Å². The zero-order valence-electron chi connectivity index (χ0n) is 18.7. The number of esters is 1. The molecular weight excluding hydrogens is 549 g/mol. The summed E-state index contributed by atoms with van der Waals surface area (Å²) in [5.41, 5.74) is 0.224. The number of rotatable bonds is 8. The van der Waals surface area contributed by atoms with Gasteiger partial charge in [0.2, 0.25) is 5.91 Å². The van der Waals surface area contributed by atoms with E-state index in [1.165, 1.54) is 23.5 Å². The highest BCUT2D eigenvalue weighted by molar-refractivity contribution is 8.00. The second-order valence-electron chi connectivity index (χ2n) is 7.89. The average Bonchev–Trinajstić information content (AvgIpc) is 2.85. The molecule has 188 valence electrons. The molecule has 1 aromatic carbocycles. The zero-order valence-corrected chi connectivity index (χ0v) is 21.9. The Morgan fingerprint density at radius 3 is 2.67 bits per heavy atom. The van der Waals surface area contributed by atoms with Gasteiger partial charge in [-0.05, 0) is 18.2 Å². The smallest absolute Gasteiger partial charge is 0.338 e. The number of ether oxygens (including phenoxy) is 1. The molecule has 0 bridgehead atoms. The number of carbonyl (C=O) groups excluding carboxylic acids is 4. The van der Waals surface area contributed by atoms with Gasteiger partial charge in [-0.25, -0.2) is 9.36 Å². The number of aromatic nitrogens is 1. The molecule has 3 heterocycles. The number of hydrogen-bond acceptors (Lipinski definition) is 8. The van der Waals surface area contributed by atoms with Crippen LogP contribution in [0.4, 0.5) is 0 Å². The number of aryl methyl sites for hydroxylation is 1. The minimum absolute atomic E-state index is 0.0108. The number of fused-ring (bicyclic) bond motifs is 1. The lowest BCUT2D eigenvalue weighted by Crippen LogP contribution is -2.71. The first kappa shape index (κ1) is 26.3. The second-order valence-corrected chi connectivity index (χ2v) is 10.9. The van der Waals surface area contributed by atoms with Gasteiger partial charge >= 0.3 is 5.97 Å². The van der Waals surface area contributed by atoms with Crippen LogP contribution in [0, 0.1) is 0 Å². The molecule has 4 rings (SSSR count). The number of aliphatic carboxylic acids is 1. The zero-order chi connectivity index (χ0) is 26.0. The number of thioether (sulfide) groups is 2. The van der Waals surface area contributed by atoms with Crippen molar-refractivity contribution in [3.05, 3.63) is 69.6 Å². The number of carboxylic acids is 1. The molecule has 36 heavy (non-hydrogen) atoms. The molecule has 0 saturated carbocycles. The Morgan fingerprint density at radius 2 is 1.97 bits per heavy atom. The minimum Gasteiger partial charge on any atom is -0.543 e. The first-order valence-electron chi connectivity index (χ1n) is 10.5. The van der Waals surface area contributed by atoms with Gasteiger partial charge in [0.05, 0.1) is 28.0 Å². The fourth-order valence-electron chi connectivity index (χ4n) is 3.60. The molecule has 13 heteroatoms. The van der Waals surface area contributed by atoms with Crippen molar-refractivity contribution in [1.82, 2.24) is 10.2 Å². The standard InChI is InChI=1S/C23H19Cl2N3O6S2/c1-27-6-4-12(5-7-27)23(33)34-9-13-10-36-21-18(20(30)28(21)19(13)22(31)32)26-17(29)11-35-16-8-14(24)2-3-15(16)25/h2-8,18,21H,9-11H2,1H3,(H-,26,29,31,32)/t18-,21?/m1/s1. The van der Waals surface area contributed by atoms with Gasteiger partial charge in [-0.3, -0.25) is 14.5 Å². The fourth-order valence-corrected chi connectivity index (χ4v) is 6.23. The molecule has 0 spiro atoms. The molecule has 2 atom stereocenters. The van der Waals surface area contributed by atoms with Gasteiger partial charge in [0.25, 0.3) is 5.91 Å². The fraction of sp³-hybridized carbons (Fsp3) is 0.261. The van der Waals surface area contributed by atoms with Crippen LogP contribution in [0.1, 0.15) is 10.4 Å². The lowest BCUT2D eigenvalue weighted by molar-refractivity contribution is -0.671. The third-order valence-electron chi connectivity index (χ3n) is 5.40. The van der Waals surface area contributed by atoms with E-state index in [0.29, 0.717) is 20.5 Å². The summed E-state index contributed by atoms with van der Waals surface area (Å²) in [4.78, 5) is 51.1. The average molecular weight is 568 g/mol. The number of halogens is 2. The van der Waals surface area contributed by atoms with Gasteiger partial charge in [0.15, 0.2) is 12.4 Å². The summed E-state index contributed by atoms with van der Waals surface area (Å²) >= 11 is 14.5. The molecule has 2 aliphatic heterocycles. The lowest BCUT2D eigenvalue weighted by atomic mass is 10.0. The van der Waals surface area contributed by atoms with Crippen molar-refractivity contribution in [3.8, 4) is 0 Å². The van der Waals surface area contributed by atoms with Crippen LogP contribution in [-0.4, -0.2) is 58.2 Å². The Labute approximate surface area is 224 Å². The summed E-state index contributed by atoms with van der Waals surface area (Å²) in [7, 11) is 1.80. The van der Waals surface area contributed by atoms with Crippen molar-refractivity contribution >= 4 is 70.5 Å². The second kappa shape index (κ2) is 11.1. The Morgan fingerprint density at radius 1 is 1.25 bits per heavy atom. The van der Waals surface area contributed by atoms with E-state index in [-0.39, 0.29) is 29.4 Å². The highest BCUT2D eigenvalue weighted by Crippen LogP contribution is 2.40. The van der Waals surface area contributed by atoms with Crippen LogP contribution in [0.5, 0.6) is 0 Å². The van der Waals surface area contributed by atoms with Crippen molar-refractivity contribution in [1.29, 1.82) is 0 Å². The number of benzene rings is 1. The Bertz CT molecular complexity index is 1270. The maximum atomic E-state index is 12.8. The number of carbonyl (C=O) groups is 4. The van der Waals surface area contributed by atoms with Gasteiger partial charge in [0.1, 0.15) is 25.1 Å². The predicted octanol–water partition coefficient (Wildman–Crippen LogP) is 1.17. The van der Waals surface area contributed by atoms with Gasteiger partial charge < -0.3 is 20.0 Å². The SMILES string of the molecule is C[n+]1ccc(C(=O)OCC2=C(C(=O)[O-])N3C(=O)[C@@H](NC(=O)CSc4cc(Cl)ccc4Cl)C3SC2)cc1. The van der Waals surface area contributed by atoms with Gasteiger partial charge in [-0.1, -0.05) is 23.2 Å². The molecule has 9 nitrogen and oxygen atoms in total. The molecule has 2 aliphatic rings. The highest BCUT2D eigenvalue weighted by atomic mass is 35.5. The van der Waals surface area contributed by atoms with Crippen molar-refractivity contribution in [2.45, 2.75) is 16.3 Å². The maximum absolute atomic E-state index is 12.8. The van der Waals surface area contributed by atoms with Crippen molar-refractivity contribution in [2.24, 2.45) is 7.05 Å². The molecule has 1 N–H and O–H groups in total. The molecule has 1 aromatic heterocycles. The van der Waals surface area contributed by atoms with Crippen LogP contribution in [0.25, 0.3) is 0 Å². The van der Waals surface area contributed by atoms with Gasteiger partial charge in [-0.2, -0.15) is 0 Å². The lowest BCUT2D eigenvalue weighted by Gasteiger charge is -2.50. The maximum Gasteiger partial charge on any atom is 0.338 e. The van der Waals surface area contributed by atoms with E-state index in [9.17, 15) is 24.3 Å². The monoisotopic (exact) mass is 567 g/mol. The van der Waals surface area contributed by atoms with E-state index in [1.807, 2.05) is 0 Å². The number of nitrogens with zero attached hydrogens (tertiary/aromatic N) is 2. The Hall–Kier alpha value is -2.73. The van der Waals surface area contributed by atoms with Crippen molar-refractivity contribution in [3.63, 3.8) is 0 Å². The largest absolute Gasteiger partial charge is 0.543 e. The summed E-state index contributed by atoms with van der Waals surface area (Å²) in [5, 5.41) is 14.8. The normalized spacial score (nSPS) is 18.9. The van der Waals surface area contributed by atoms with Crippen LogP contribution >= 0.6 is 46.7 Å². The van der Waals surface area contributed by atoms with Crippen molar-refractivity contribution in [2.75, 3.05) is 18.1 Å². The molecule has 2 aromatic rings. The summed E-state index contributed by atoms with van der Waals surface area (Å²) in [5.74, 6) is -2.99. The number of hydrogen-bond donors (Lipinski definition) is 1. The van der Waals surface area contributed by atoms with E-state index >= 15 is 0 Å². The summed E-state index contributed by atoms with van der Waals surface area (Å²) < 4.78 is 7.02. The molecule has 1 saturated heterocycles. The number of pyridine rings is 1. The number of β-lactam (4-membered cyclic amide) rings is 1. The third-order valence-corrected chi connectivity index (χ3v) is 8.47. The van der Waals surface area contributed by atoms with Crippen LogP contribution in [0.2, 0.25) is 10.0 Å². The molecule has 1 fully saturated rings.